The highest BCUT2D eigenvalue weighted by Crippen LogP contribution is 2.50. The summed E-state index contributed by atoms with van der Waals surface area (Å²) in [5.74, 6) is 15.6. The fourth-order valence-electron chi connectivity index (χ4n) is 17.6. The molecule has 10 nitrogen and oxygen atoms in total. The zero-order chi connectivity index (χ0) is 55.4. The molecule has 0 amide bonds. The van der Waals surface area contributed by atoms with Gasteiger partial charge in [-0.15, -0.1) is 0 Å². The van der Waals surface area contributed by atoms with E-state index in [2.05, 4.69) is 44.2 Å². The molecule has 10 aliphatic rings. The normalized spacial score (nSPS) is 31.5. The van der Waals surface area contributed by atoms with Gasteiger partial charge in [-0.25, -0.2) is 5.01 Å². The highest BCUT2D eigenvalue weighted by atomic mass is 35.5. The predicted octanol–water partition coefficient (Wildman–Crippen LogP) is 14.0. The van der Waals surface area contributed by atoms with Crippen LogP contribution in [0.15, 0.2) is 54.6 Å². The second-order valence-corrected chi connectivity index (χ2v) is 27.4. The van der Waals surface area contributed by atoms with Gasteiger partial charge in [0.2, 0.25) is 0 Å². The molecule has 0 radical (unpaired) electrons. The molecule has 0 aromatic heterocycles. The predicted molar refractivity (Wildman–Crippen MR) is 322 cm³/mol. The highest BCUT2D eigenvalue weighted by molar-refractivity contribution is 6.31. The third-order valence-electron chi connectivity index (χ3n) is 22.3. The van der Waals surface area contributed by atoms with Gasteiger partial charge in [-0.1, -0.05) is 60.7 Å². The topological polar surface area (TPSA) is 88.1 Å². The molecule has 12 heteroatoms. The number of piperidine rings is 3. The summed E-state index contributed by atoms with van der Waals surface area (Å²) in [6, 6.07) is 20.4. The van der Waals surface area contributed by atoms with Crippen molar-refractivity contribution in [2.45, 2.75) is 195 Å². The number of hydrazine groups is 1. The molecular weight excluding hydrogens is 1040 g/mol. The van der Waals surface area contributed by atoms with Crippen LogP contribution in [0.4, 0.5) is 0 Å². The van der Waals surface area contributed by atoms with E-state index in [0.717, 1.165) is 169 Å². The first-order valence-electron chi connectivity index (χ1n) is 31.6. The van der Waals surface area contributed by atoms with Gasteiger partial charge in [-0.3, -0.25) is 5.43 Å². The van der Waals surface area contributed by atoms with E-state index < -0.39 is 5.60 Å². The Morgan fingerprint density at radius 1 is 0.525 bits per heavy atom. The summed E-state index contributed by atoms with van der Waals surface area (Å²) in [7, 11) is 8.85. The average molecular weight is 1140 g/mol. The van der Waals surface area contributed by atoms with Crippen molar-refractivity contribution in [1.82, 2.24) is 20.2 Å². The monoisotopic (exact) mass is 1130 g/mol. The second kappa shape index (κ2) is 26.0. The lowest BCUT2D eigenvalue weighted by molar-refractivity contribution is -0.0763. The van der Waals surface area contributed by atoms with Crippen molar-refractivity contribution in [2.24, 2.45) is 35.5 Å². The Bertz CT molecular complexity index is 2590. The number of benzene rings is 3. The number of ether oxygens (including phenoxy) is 5. The van der Waals surface area contributed by atoms with Gasteiger partial charge in [0, 0.05) is 85.3 Å². The first kappa shape index (κ1) is 58.7. The molecule has 3 heterocycles. The maximum Gasteiger partial charge on any atom is 0.125 e. The van der Waals surface area contributed by atoms with Crippen LogP contribution in [0.5, 0.6) is 17.2 Å². The van der Waals surface area contributed by atoms with Gasteiger partial charge in [-0.2, -0.15) is 0 Å². The summed E-state index contributed by atoms with van der Waals surface area (Å²) in [5, 5.41) is 14.4. The molecule has 3 aromatic carbocycles. The Kier molecular flexibility index (Phi) is 19.1. The lowest BCUT2D eigenvalue weighted by atomic mass is 9.82. The van der Waals surface area contributed by atoms with Crippen molar-refractivity contribution >= 4 is 23.2 Å². The van der Waals surface area contributed by atoms with Gasteiger partial charge in [0.1, 0.15) is 22.8 Å². The fraction of sp³-hybridized carbons (Fsp3) is 0.706. The number of likely N-dealkylation sites (tertiary alicyclic amines) is 2. The van der Waals surface area contributed by atoms with E-state index in [1.54, 1.807) is 28.4 Å². The molecule has 80 heavy (non-hydrogen) atoms. The number of nitrogens with zero attached hydrogens (tertiary/aromatic N) is 3. The molecule has 13 rings (SSSR count). The number of methoxy groups -OCH3 is 5. The number of nitrogens with one attached hydrogen (secondary N) is 1. The van der Waals surface area contributed by atoms with Crippen LogP contribution in [0.25, 0.3) is 0 Å². The third kappa shape index (κ3) is 13.1. The summed E-state index contributed by atoms with van der Waals surface area (Å²) in [6.45, 7) is 6.61. The first-order valence-corrected chi connectivity index (χ1v) is 32.4. The molecule has 3 saturated heterocycles. The van der Waals surface area contributed by atoms with Crippen molar-refractivity contribution in [3.05, 3.63) is 86.9 Å². The van der Waals surface area contributed by atoms with Crippen LogP contribution in [-0.2, 0) is 20.7 Å². The van der Waals surface area contributed by atoms with Crippen molar-refractivity contribution in [3.63, 3.8) is 0 Å². The Morgan fingerprint density at radius 2 is 1.07 bits per heavy atom. The van der Waals surface area contributed by atoms with E-state index in [1.165, 1.54) is 121 Å². The summed E-state index contributed by atoms with van der Waals surface area (Å²) >= 11 is 12.6. The smallest absolute Gasteiger partial charge is 0.125 e. The maximum atomic E-state index is 10.5. The molecule has 7 aliphatic carbocycles. The minimum atomic E-state index is -0.772. The number of hydrogen-bond donors (Lipinski definition) is 2. The van der Waals surface area contributed by atoms with E-state index in [1.807, 2.05) is 49.6 Å². The van der Waals surface area contributed by atoms with Crippen molar-refractivity contribution in [2.75, 3.05) is 74.8 Å². The van der Waals surface area contributed by atoms with Gasteiger partial charge in [0.05, 0.1) is 32.5 Å². The van der Waals surface area contributed by atoms with Crippen molar-refractivity contribution < 1.29 is 28.8 Å². The zero-order valence-corrected chi connectivity index (χ0v) is 50.8. The van der Waals surface area contributed by atoms with Crippen LogP contribution in [0.2, 0.25) is 10.0 Å². The first-order chi connectivity index (χ1) is 38.9. The molecule has 438 valence electrons. The van der Waals surface area contributed by atoms with Crippen LogP contribution in [0.1, 0.15) is 182 Å². The van der Waals surface area contributed by atoms with E-state index in [9.17, 15) is 5.11 Å². The lowest BCUT2D eigenvalue weighted by Gasteiger charge is -2.44. The highest BCUT2D eigenvalue weighted by Gasteiger charge is 2.46. The van der Waals surface area contributed by atoms with Crippen LogP contribution in [0.3, 0.4) is 0 Å². The Hall–Kier alpha value is -3.08. The minimum Gasteiger partial charge on any atom is -0.496 e. The SMILES string of the molecule is COc1ccc(C#CC2(O)CCCC2)cc1C1CCN([C@H]2C[C@H]3CC[C@H]2C3)CC1.COc1ccc(Cl)cc1C1(OC)CCN(C2CCC3CCC(C3)C2)CC1.COc1ccc(Cl)cc1C1(OC)CCN(N[C@H]2C[C@H]3CC[C@H]2C3)CC1. The average Bonchev–Trinajstić information content (AvgIpc) is 4.44. The Morgan fingerprint density at radius 3 is 1.64 bits per heavy atom. The molecule has 9 atom stereocenters. The van der Waals surface area contributed by atoms with E-state index in [-0.39, 0.29) is 11.2 Å². The quantitative estimate of drug-likeness (QED) is 0.171. The summed E-state index contributed by atoms with van der Waals surface area (Å²) < 4.78 is 29.1. The van der Waals surface area contributed by atoms with E-state index >= 15 is 0 Å². The lowest BCUT2D eigenvalue weighted by Crippen LogP contribution is -2.53. The number of aliphatic hydroxyl groups is 1. The van der Waals surface area contributed by atoms with Gasteiger partial charge in [-0.05, 0) is 243 Å². The molecule has 3 aromatic rings. The van der Waals surface area contributed by atoms with Crippen molar-refractivity contribution in [1.29, 1.82) is 0 Å². The van der Waals surface area contributed by atoms with Gasteiger partial charge < -0.3 is 38.6 Å². The molecule has 2 N–H and O–H groups in total. The van der Waals surface area contributed by atoms with E-state index in [4.69, 9.17) is 46.9 Å². The second-order valence-electron chi connectivity index (χ2n) is 26.5. The number of fused-ring (bicyclic) bond motifs is 6. The largest absolute Gasteiger partial charge is 0.496 e. The van der Waals surface area contributed by atoms with Gasteiger partial charge in [0.15, 0.2) is 0 Å². The molecule has 0 spiro atoms. The van der Waals surface area contributed by atoms with Crippen LogP contribution in [0, 0.1) is 47.3 Å². The van der Waals surface area contributed by atoms with Gasteiger partial charge >= 0.3 is 0 Å². The number of hydrogen-bond acceptors (Lipinski definition) is 10. The summed E-state index contributed by atoms with van der Waals surface area (Å²) in [5.41, 5.74) is 6.95. The zero-order valence-electron chi connectivity index (χ0n) is 49.3. The summed E-state index contributed by atoms with van der Waals surface area (Å²) in [4.78, 5) is 5.54. The van der Waals surface area contributed by atoms with E-state index in [0.29, 0.717) is 12.0 Å². The van der Waals surface area contributed by atoms with Crippen LogP contribution in [-0.4, -0.2) is 118 Å². The standard InChI is InChI=1S/C26H35NO2.C22H32ClNO2.C20H29ClN2O2/c1-29-25-7-5-19(8-13-26(28)11-2-3-12-26)17-23(25)21-9-14-27(15-10-21)24-18-20-4-6-22(24)16-20;1-25-21-8-6-18(23)15-20(21)22(26-2)9-11-24(12-10-22)19-7-5-16-3-4-17(13-16)14-19;1-24-19-6-5-16(21)13-17(19)20(25-2)7-9-23(10-8-20)22-18-12-14-3-4-15(18)11-14/h5,7,17,20-22,24,28H,2-4,6,9-12,14-16,18H2,1H3;6,8,15-17,19H,3-5,7,9-14H2,1-2H3;5-6,13-15,18,22H,3-4,7-12H2,1-2H3/t20-,22-,24-;;14-,15-,18-/m0.0/s1. The maximum absolute atomic E-state index is 10.5. The molecule has 3 unspecified atom stereocenters. The number of rotatable bonds is 12. The molecule has 10 fully saturated rings. The molecular formula is C68H96Cl2N4O6. The minimum absolute atomic E-state index is 0.281. The molecule has 6 bridgehead atoms. The number of halogens is 2. The molecule has 3 aliphatic heterocycles. The van der Waals surface area contributed by atoms with Crippen LogP contribution >= 0.6 is 23.2 Å². The van der Waals surface area contributed by atoms with Crippen molar-refractivity contribution in [3.8, 4) is 29.1 Å². The summed E-state index contributed by atoms with van der Waals surface area (Å²) in [6.07, 6.45) is 30.3. The Labute approximate surface area is 491 Å². The van der Waals surface area contributed by atoms with Gasteiger partial charge in [0.25, 0.3) is 0 Å². The fourth-order valence-corrected chi connectivity index (χ4v) is 18.0. The van der Waals surface area contributed by atoms with Crippen LogP contribution < -0.4 is 19.6 Å². The Balaban J connectivity index is 0.000000127. The molecule has 7 saturated carbocycles. The third-order valence-corrected chi connectivity index (χ3v) is 22.7.